The van der Waals surface area contributed by atoms with Gasteiger partial charge in [-0.05, 0) is 92.5 Å². The van der Waals surface area contributed by atoms with Gasteiger partial charge in [-0.2, -0.15) is 0 Å². The van der Waals surface area contributed by atoms with E-state index >= 15 is 4.39 Å². The second kappa shape index (κ2) is 12.1. The van der Waals surface area contributed by atoms with Gasteiger partial charge in [0.15, 0.2) is 0 Å². The molecule has 198 valence electrons. The highest BCUT2D eigenvalue weighted by Crippen LogP contribution is 2.38. The van der Waals surface area contributed by atoms with Crippen LogP contribution in [0.2, 0.25) is 0 Å². The lowest BCUT2D eigenvalue weighted by molar-refractivity contribution is -0.143. The van der Waals surface area contributed by atoms with Gasteiger partial charge in [0.25, 0.3) is 0 Å². The molecule has 0 heterocycles. The summed E-state index contributed by atoms with van der Waals surface area (Å²) in [6.07, 6.45) is 2.59. The van der Waals surface area contributed by atoms with E-state index in [1.165, 1.54) is 0 Å². The molecular formula is C32H33FO5. The summed E-state index contributed by atoms with van der Waals surface area (Å²) in [6.45, 7) is 6.99. The molecule has 0 bridgehead atoms. The Morgan fingerprint density at radius 2 is 1.55 bits per heavy atom. The van der Waals surface area contributed by atoms with Crippen molar-refractivity contribution in [2.75, 3.05) is 7.11 Å². The Kier molecular flexibility index (Phi) is 8.62. The molecule has 0 aliphatic heterocycles. The third-order valence-electron chi connectivity index (χ3n) is 7.13. The number of rotatable bonds is 8. The van der Waals surface area contributed by atoms with E-state index in [1.807, 2.05) is 36.4 Å². The van der Waals surface area contributed by atoms with Crippen LogP contribution in [-0.4, -0.2) is 19.0 Å². The van der Waals surface area contributed by atoms with E-state index in [0.29, 0.717) is 35.5 Å². The third kappa shape index (κ3) is 6.49. The van der Waals surface area contributed by atoms with Crippen molar-refractivity contribution in [1.29, 1.82) is 0 Å². The van der Waals surface area contributed by atoms with Crippen LogP contribution in [0.1, 0.15) is 62.7 Å². The fraction of sp³-hybridized carbons (Fsp3) is 0.312. The number of hydrogen-bond acceptors (Lipinski definition) is 5. The third-order valence-corrected chi connectivity index (χ3v) is 7.13. The molecule has 0 saturated heterocycles. The highest BCUT2D eigenvalue weighted by atomic mass is 19.1. The fourth-order valence-corrected chi connectivity index (χ4v) is 4.79. The van der Waals surface area contributed by atoms with Gasteiger partial charge in [-0.25, -0.2) is 9.18 Å². The van der Waals surface area contributed by atoms with Crippen LogP contribution in [0.4, 0.5) is 4.39 Å². The molecule has 0 radical (unpaired) electrons. The molecule has 3 aromatic carbocycles. The lowest BCUT2D eigenvalue weighted by Gasteiger charge is -2.27. The summed E-state index contributed by atoms with van der Waals surface area (Å²) in [5, 5.41) is 0. The van der Waals surface area contributed by atoms with Gasteiger partial charge in [0.1, 0.15) is 23.4 Å². The molecular weight excluding hydrogens is 483 g/mol. The SMILES string of the molecule is C=C(C)C(=O)OC(C)c1ccc(-c2ccc(C3CCC(C(=O)Oc4ccc(OC)cc4)CC3)cc2F)cc1. The average Bonchev–Trinajstić information content (AvgIpc) is 2.93. The largest absolute Gasteiger partial charge is 0.497 e. The van der Waals surface area contributed by atoms with Crippen molar-refractivity contribution in [1.82, 2.24) is 0 Å². The number of ether oxygens (including phenoxy) is 3. The maximum absolute atomic E-state index is 15.1. The van der Waals surface area contributed by atoms with E-state index in [9.17, 15) is 9.59 Å². The first-order valence-corrected chi connectivity index (χ1v) is 12.9. The van der Waals surface area contributed by atoms with Crippen LogP contribution < -0.4 is 9.47 Å². The van der Waals surface area contributed by atoms with Crippen molar-refractivity contribution in [3.8, 4) is 22.6 Å². The summed E-state index contributed by atoms with van der Waals surface area (Å²) in [6, 6.07) is 19.7. The molecule has 3 aromatic rings. The first-order valence-electron chi connectivity index (χ1n) is 12.9. The van der Waals surface area contributed by atoms with Crippen molar-refractivity contribution in [3.05, 3.63) is 95.8 Å². The number of esters is 2. The second-order valence-corrected chi connectivity index (χ2v) is 9.83. The summed E-state index contributed by atoms with van der Waals surface area (Å²) in [5.74, 6) is 0.317. The number of carbonyl (C=O) groups excluding carboxylic acids is 2. The van der Waals surface area contributed by atoms with Gasteiger partial charge < -0.3 is 14.2 Å². The smallest absolute Gasteiger partial charge is 0.333 e. The van der Waals surface area contributed by atoms with Crippen LogP contribution in [0.5, 0.6) is 11.5 Å². The van der Waals surface area contributed by atoms with Gasteiger partial charge in [-0.15, -0.1) is 0 Å². The molecule has 0 N–H and O–H groups in total. The number of methoxy groups -OCH3 is 1. The monoisotopic (exact) mass is 516 g/mol. The maximum atomic E-state index is 15.1. The minimum Gasteiger partial charge on any atom is -0.497 e. The van der Waals surface area contributed by atoms with Gasteiger partial charge in [-0.1, -0.05) is 43.0 Å². The van der Waals surface area contributed by atoms with Crippen molar-refractivity contribution >= 4 is 11.9 Å². The molecule has 1 aliphatic rings. The molecule has 5 nitrogen and oxygen atoms in total. The highest BCUT2D eigenvalue weighted by Gasteiger charge is 2.29. The fourth-order valence-electron chi connectivity index (χ4n) is 4.79. The molecule has 1 fully saturated rings. The molecule has 1 saturated carbocycles. The Morgan fingerprint density at radius 3 is 2.13 bits per heavy atom. The van der Waals surface area contributed by atoms with E-state index in [1.54, 1.807) is 51.3 Å². The Hall–Kier alpha value is -3.93. The topological polar surface area (TPSA) is 61.8 Å². The van der Waals surface area contributed by atoms with E-state index in [0.717, 1.165) is 29.5 Å². The van der Waals surface area contributed by atoms with Crippen LogP contribution in [-0.2, 0) is 14.3 Å². The van der Waals surface area contributed by atoms with Crippen molar-refractivity contribution < 1.29 is 28.2 Å². The number of benzene rings is 3. The molecule has 0 aromatic heterocycles. The Labute approximate surface area is 223 Å². The van der Waals surface area contributed by atoms with Crippen LogP contribution in [0.3, 0.4) is 0 Å². The second-order valence-electron chi connectivity index (χ2n) is 9.83. The van der Waals surface area contributed by atoms with Crippen LogP contribution in [0.15, 0.2) is 78.9 Å². The molecule has 6 heteroatoms. The minimum atomic E-state index is -0.439. The van der Waals surface area contributed by atoms with Crippen LogP contribution in [0.25, 0.3) is 11.1 Å². The minimum absolute atomic E-state index is 0.159. The van der Waals surface area contributed by atoms with E-state index < -0.39 is 12.1 Å². The van der Waals surface area contributed by atoms with Crippen molar-refractivity contribution in [3.63, 3.8) is 0 Å². The summed E-state index contributed by atoms with van der Waals surface area (Å²) >= 11 is 0. The molecule has 4 rings (SSSR count). The predicted octanol–water partition coefficient (Wildman–Crippen LogP) is 7.56. The number of hydrogen-bond donors (Lipinski definition) is 0. The highest BCUT2D eigenvalue weighted by molar-refractivity contribution is 5.87. The molecule has 0 spiro atoms. The first-order chi connectivity index (χ1) is 18.2. The van der Waals surface area contributed by atoms with Gasteiger partial charge in [0.2, 0.25) is 0 Å². The molecule has 1 atom stereocenters. The molecule has 38 heavy (non-hydrogen) atoms. The zero-order valence-corrected chi connectivity index (χ0v) is 22.0. The van der Waals surface area contributed by atoms with Gasteiger partial charge in [-0.3, -0.25) is 4.79 Å². The zero-order valence-electron chi connectivity index (χ0n) is 22.0. The summed E-state index contributed by atoms with van der Waals surface area (Å²) in [7, 11) is 1.59. The molecule has 1 unspecified atom stereocenters. The zero-order chi connectivity index (χ0) is 27.2. The quantitative estimate of drug-likeness (QED) is 0.176. The van der Waals surface area contributed by atoms with Gasteiger partial charge in [0.05, 0.1) is 13.0 Å². The molecule has 0 amide bonds. The summed E-state index contributed by atoms with van der Waals surface area (Å²) in [4.78, 5) is 24.4. The average molecular weight is 517 g/mol. The lowest BCUT2D eigenvalue weighted by Crippen LogP contribution is -2.25. The predicted molar refractivity (Wildman–Crippen MR) is 144 cm³/mol. The maximum Gasteiger partial charge on any atom is 0.333 e. The van der Waals surface area contributed by atoms with Gasteiger partial charge >= 0.3 is 11.9 Å². The Bertz CT molecular complexity index is 1290. The van der Waals surface area contributed by atoms with E-state index in [-0.39, 0.29) is 23.6 Å². The Morgan fingerprint density at radius 1 is 0.921 bits per heavy atom. The van der Waals surface area contributed by atoms with E-state index in [2.05, 4.69) is 6.58 Å². The normalized spacial score (nSPS) is 17.8. The summed E-state index contributed by atoms with van der Waals surface area (Å²) in [5.41, 5.74) is 3.38. The summed E-state index contributed by atoms with van der Waals surface area (Å²) < 4.78 is 31.2. The lowest BCUT2D eigenvalue weighted by atomic mass is 9.78. The van der Waals surface area contributed by atoms with Crippen molar-refractivity contribution in [2.24, 2.45) is 5.92 Å². The standard InChI is InChI=1S/C32H33FO5/c1-20(2)31(34)37-21(3)22-5-9-24(10-6-22)29-18-13-26(19-30(29)33)23-7-11-25(12-8-23)32(35)38-28-16-14-27(36-4)15-17-28/h5-6,9-10,13-19,21,23,25H,1,7-8,11-12H2,2-4H3. The van der Waals surface area contributed by atoms with Crippen LogP contribution >= 0.6 is 0 Å². The Balaban J connectivity index is 1.34. The van der Waals surface area contributed by atoms with Crippen LogP contribution in [0, 0.1) is 11.7 Å². The van der Waals surface area contributed by atoms with Gasteiger partial charge in [0, 0.05) is 11.1 Å². The number of carbonyl (C=O) groups is 2. The van der Waals surface area contributed by atoms with Crippen molar-refractivity contribution in [2.45, 2.75) is 51.6 Å². The molecule has 1 aliphatic carbocycles. The first kappa shape index (κ1) is 27.1. The number of halogens is 1. The van der Waals surface area contributed by atoms with E-state index in [4.69, 9.17) is 14.2 Å².